The fourth-order valence-electron chi connectivity index (χ4n) is 6.93. The van der Waals surface area contributed by atoms with Crippen molar-refractivity contribution in [2.75, 3.05) is 41.2 Å². The average Bonchev–Trinajstić information content (AvgIpc) is 3.00. The van der Waals surface area contributed by atoms with Gasteiger partial charge in [0.25, 0.3) is 0 Å². The summed E-state index contributed by atoms with van der Waals surface area (Å²) in [5.74, 6) is -4.17. The van der Waals surface area contributed by atoms with E-state index in [9.17, 15) is 30.3 Å². The molecule has 14 heteroatoms. The number of nitrogens with zero attached hydrogens (tertiary/aromatic N) is 2. The Bertz CT molecular complexity index is 995. The largest absolute Gasteiger partial charge is 0.459 e. The molecule has 2 rings (SSSR count). The third kappa shape index (κ3) is 10.5. The van der Waals surface area contributed by atoms with E-state index in [0.717, 1.165) is 0 Å². The van der Waals surface area contributed by atoms with Gasteiger partial charge in [-0.05, 0) is 61.1 Å². The van der Waals surface area contributed by atoms with E-state index in [1.807, 2.05) is 25.9 Å². The Morgan fingerprint density at radius 2 is 1.64 bits per heavy atom. The molecule has 0 aliphatic carbocycles. The molecule has 0 aromatic carbocycles. The summed E-state index contributed by atoms with van der Waals surface area (Å²) < 4.78 is 28.5. The van der Waals surface area contributed by atoms with E-state index in [1.54, 1.807) is 41.7 Å². The maximum atomic E-state index is 13.4. The van der Waals surface area contributed by atoms with Crippen LogP contribution in [-0.4, -0.2) is 143 Å². The van der Waals surface area contributed by atoms with E-state index in [1.165, 1.54) is 13.8 Å². The molecule has 2 aliphatic rings. The van der Waals surface area contributed by atoms with E-state index < -0.39 is 77.7 Å². The van der Waals surface area contributed by atoms with Crippen molar-refractivity contribution in [3.8, 4) is 0 Å². The topological polar surface area (TPSA) is 189 Å². The van der Waals surface area contributed by atoms with Crippen molar-refractivity contribution in [1.82, 2.24) is 4.90 Å². The van der Waals surface area contributed by atoms with Gasteiger partial charge in [-0.25, -0.2) is 0 Å². The summed E-state index contributed by atoms with van der Waals surface area (Å²) in [5.41, 5.74) is -3.32. The molecule has 2 fully saturated rings. The maximum Gasteiger partial charge on any atom is 0.311 e. The monoisotopic (exact) mass is 678 g/mol. The highest BCUT2D eigenvalue weighted by molar-refractivity contribution is 5.88. The minimum absolute atomic E-state index is 0.00777. The number of oxime groups is 1. The van der Waals surface area contributed by atoms with Gasteiger partial charge in [0.2, 0.25) is 6.79 Å². The quantitative estimate of drug-likeness (QED) is 0.0963. The molecule has 47 heavy (non-hydrogen) atoms. The molecule has 0 bridgehead atoms. The molecule has 2 saturated heterocycles. The standard InChI is InChI=1S/C33H62N2O12/c1-12-24-33(8,41)28(38)20(4)25(34-44-17-43-14-13-42-11)18(2)16-32(7,40)29(21(5)26(36)22(6)30(39)46-24)47-31-27(37)23(35(9)10)15-19(3)45-31/h18-24,26-29,31,36-38,40-41H,12-17H2,1-11H3/t18?,19-,20?,21?,22?,23+,24?,26?,27-,28?,29?,31+,32?,33?/m1/s1. The lowest BCUT2D eigenvalue weighted by Gasteiger charge is -2.47. The van der Waals surface area contributed by atoms with E-state index >= 15 is 0 Å². The molecule has 14 atom stereocenters. The second kappa shape index (κ2) is 18.0. The summed E-state index contributed by atoms with van der Waals surface area (Å²) in [6, 6.07) is -0.289. The molecule has 0 aromatic rings. The second-order valence-electron chi connectivity index (χ2n) is 14.2. The Labute approximate surface area is 280 Å². The third-order valence-corrected chi connectivity index (χ3v) is 9.85. The van der Waals surface area contributed by atoms with Crippen LogP contribution in [0.1, 0.15) is 74.7 Å². The SMILES string of the molecule is CCC1OC(=O)C(C)C(O)C(C)C(O[C@@H]2O[C@H](C)C[C@H](N(C)C)[C@H]2O)C(C)(O)CC(C)C(=NOCOCCOC)C(C)C(O)C1(C)O. The molecule has 0 spiro atoms. The lowest BCUT2D eigenvalue weighted by molar-refractivity contribution is -0.298. The molecule has 0 amide bonds. The average molecular weight is 679 g/mol. The van der Waals surface area contributed by atoms with Crippen LogP contribution >= 0.6 is 0 Å². The fraction of sp³-hybridized carbons (Fsp3) is 0.939. The smallest absolute Gasteiger partial charge is 0.311 e. The third-order valence-electron chi connectivity index (χ3n) is 9.85. The van der Waals surface area contributed by atoms with Crippen molar-refractivity contribution in [3.63, 3.8) is 0 Å². The van der Waals surface area contributed by atoms with Crippen LogP contribution in [0.4, 0.5) is 0 Å². The molecule has 0 saturated carbocycles. The van der Waals surface area contributed by atoms with Crippen molar-refractivity contribution in [1.29, 1.82) is 0 Å². The highest BCUT2D eigenvalue weighted by Gasteiger charge is 2.51. The molecular weight excluding hydrogens is 616 g/mol. The molecule has 10 unspecified atom stereocenters. The van der Waals surface area contributed by atoms with Crippen LogP contribution in [0, 0.1) is 23.7 Å². The van der Waals surface area contributed by atoms with E-state index in [0.29, 0.717) is 18.7 Å². The number of rotatable bonds is 10. The number of methoxy groups -OCH3 is 1. The van der Waals surface area contributed by atoms with Gasteiger partial charge in [-0.2, -0.15) is 0 Å². The highest BCUT2D eigenvalue weighted by atomic mass is 16.7. The Balaban J connectivity index is 2.61. The summed E-state index contributed by atoms with van der Waals surface area (Å²) in [6.07, 6.45) is -6.88. The number of aliphatic hydroxyl groups is 5. The molecule has 2 heterocycles. The Kier molecular flexibility index (Phi) is 16.0. The normalized spacial score (nSPS) is 43.9. The fourth-order valence-corrected chi connectivity index (χ4v) is 6.93. The van der Waals surface area contributed by atoms with Gasteiger partial charge >= 0.3 is 5.97 Å². The second-order valence-corrected chi connectivity index (χ2v) is 14.2. The summed E-state index contributed by atoms with van der Waals surface area (Å²) in [5, 5.41) is 62.4. The first kappa shape index (κ1) is 41.7. The van der Waals surface area contributed by atoms with Crippen LogP contribution in [0.25, 0.3) is 0 Å². The maximum absolute atomic E-state index is 13.4. The zero-order chi connectivity index (χ0) is 35.9. The van der Waals surface area contributed by atoms with Gasteiger partial charge in [-0.3, -0.25) is 4.79 Å². The number of hydrogen-bond donors (Lipinski definition) is 5. The van der Waals surface area contributed by atoms with Gasteiger partial charge in [-0.1, -0.05) is 32.9 Å². The van der Waals surface area contributed by atoms with Gasteiger partial charge in [-0.15, -0.1) is 0 Å². The first-order valence-corrected chi connectivity index (χ1v) is 16.7. The number of likely N-dealkylation sites (N-methyl/N-ethyl adjacent to an activating group) is 1. The van der Waals surface area contributed by atoms with Crippen LogP contribution in [0.15, 0.2) is 5.16 Å². The van der Waals surface area contributed by atoms with Crippen molar-refractivity contribution in [3.05, 3.63) is 0 Å². The summed E-state index contributed by atoms with van der Waals surface area (Å²) in [4.78, 5) is 20.8. The number of carbonyl (C=O) groups excluding carboxylic acids is 1. The van der Waals surface area contributed by atoms with Gasteiger partial charge in [0, 0.05) is 30.9 Å². The van der Waals surface area contributed by atoms with Crippen LogP contribution < -0.4 is 0 Å². The number of hydrogen-bond acceptors (Lipinski definition) is 14. The van der Waals surface area contributed by atoms with Crippen LogP contribution in [0.5, 0.6) is 0 Å². The predicted octanol–water partition coefficient (Wildman–Crippen LogP) is 1.28. The van der Waals surface area contributed by atoms with Crippen LogP contribution in [-0.2, 0) is 33.3 Å². The van der Waals surface area contributed by atoms with E-state index in [-0.39, 0.29) is 38.4 Å². The Morgan fingerprint density at radius 3 is 2.21 bits per heavy atom. The van der Waals surface area contributed by atoms with Crippen LogP contribution in [0.2, 0.25) is 0 Å². The number of esters is 1. The van der Waals surface area contributed by atoms with Gasteiger partial charge in [0.1, 0.15) is 17.8 Å². The molecule has 2 aliphatic heterocycles. The van der Waals surface area contributed by atoms with Crippen molar-refractivity contribution in [2.45, 2.75) is 135 Å². The predicted molar refractivity (Wildman–Crippen MR) is 173 cm³/mol. The zero-order valence-electron chi connectivity index (χ0n) is 30.2. The number of carbonyl (C=O) groups is 1. The summed E-state index contributed by atoms with van der Waals surface area (Å²) in [6.45, 7) is 13.5. The van der Waals surface area contributed by atoms with Crippen molar-refractivity contribution >= 4 is 11.7 Å². The first-order valence-electron chi connectivity index (χ1n) is 16.7. The molecule has 276 valence electrons. The summed E-state index contributed by atoms with van der Waals surface area (Å²) >= 11 is 0. The van der Waals surface area contributed by atoms with Gasteiger partial charge < -0.3 is 59.0 Å². The molecule has 0 radical (unpaired) electrons. The van der Waals surface area contributed by atoms with Crippen molar-refractivity contribution in [2.24, 2.45) is 28.8 Å². The first-order chi connectivity index (χ1) is 21.8. The minimum atomic E-state index is -1.91. The lowest BCUT2D eigenvalue weighted by atomic mass is 9.73. The zero-order valence-corrected chi connectivity index (χ0v) is 30.2. The van der Waals surface area contributed by atoms with Gasteiger partial charge in [0.15, 0.2) is 6.29 Å². The molecule has 14 nitrogen and oxygen atoms in total. The van der Waals surface area contributed by atoms with Crippen LogP contribution in [0.3, 0.4) is 0 Å². The number of cyclic esters (lactones) is 1. The Morgan fingerprint density at radius 1 is 1.00 bits per heavy atom. The van der Waals surface area contributed by atoms with E-state index in [4.69, 9.17) is 28.5 Å². The van der Waals surface area contributed by atoms with Crippen molar-refractivity contribution < 1.29 is 58.8 Å². The molecule has 5 N–H and O–H groups in total. The lowest BCUT2D eigenvalue weighted by Crippen LogP contribution is -2.60. The summed E-state index contributed by atoms with van der Waals surface area (Å²) in [7, 11) is 5.25. The number of aliphatic hydroxyl groups excluding tert-OH is 3. The minimum Gasteiger partial charge on any atom is -0.459 e. The highest BCUT2D eigenvalue weighted by Crippen LogP contribution is 2.38. The molecular formula is C33H62N2O12. The van der Waals surface area contributed by atoms with E-state index in [2.05, 4.69) is 5.16 Å². The van der Waals surface area contributed by atoms with Gasteiger partial charge in [0.05, 0.1) is 54.9 Å². The molecule has 0 aromatic heterocycles. The Hall–Kier alpha value is -1.46. The number of ether oxygens (including phenoxy) is 5.